The van der Waals surface area contributed by atoms with Crippen molar-refractivity contribution in [2.75, 3.05) is 0 Å². The van der Waals surface area contributed by atoms with Crippen molar-refractivity contribution in [2.24, 2.45) is 0 Å². The molecule has 2 rings (SSSR count). The molecule has 0 spiro atoms. The first-order valence-electron chi connectivity index (χ1n) is 5.90. The standard InChI is InChI=1S/C15H12F2O3/c16-14(17)12-6-1-2-7-13(12)20-9-10-4-3-5-11(8-10)15(18)19/h1-8,14H,9H2,(H,18,19). The van der Waals surface area contributed by atoms with Crippen LogP contribution < -0.4 is 4.74 Å². The van der Waals surface area contributed by atoms with Gasteiger partial charge in [0, 0.05) is 0 Å². The minimum Gasteiger partial charge on any atom is -0.488 e. The molecular weight excluding hydrogens is 266 g/mol. The molecule has 0 aliphatic carbocycles. The summed E-state index contributed by atoms with van der Waals surface area (Å²) in [6, 6.07) is 12.1. The van der Waals surface area contributed by atoms with Crippen LogP contribution in [0.25, 0.3) is 0 Å². The van der Waals surface area contributed by atoms with E-state index in [2.05, 4.69) is 0 Å². The predicted octanol–water partition coefficient (Wildman–Crippen LogP) is 3.90. The van der Waals surface area contributed by atoms with Crippen LogP contribution in [0.1, 0.15) is 27.9 Å². The van der Waals surface area contributed by atoms with Crippen LogP contribution in [0.3, 0.4) is 0 Å². The summed E-state index contributed by atoms with van der Waals surface area (Å²) < 4.78 is 30.9. The largest absolute Gasteiger partial charge is 0.488 e. The molecule has 0 aliphatic rings. The van der Waals surface area contributed by atoms with Crippen LogP contribution in [0.5, 0.6) is 5.75 Å². The zero-order valence-electron chi connectivity index (χ0n) is 10.4. The molecule has 104 valence electrons. The monoisotopic (exact) mass is 278 g/mol. The molecule has 0 unspecified atom stereocenters. The second kappa shape index (κ2) is 6.14. The molecule has 2 aromatic rings. The number of para-hydroxylation sites is 1. The van der Waals surface area contributed by atoms with E-state index in [1.54, 1.807) is 18.2 Å². The fourth-order valence-electron chi connectivity index (χ4n) is 1.75. The molecule has 0 fully saturated rings. The van der Waals surface area contributed by atoms with Crippen LogP contribution in [-0.2, 0) is 6.61 Å². The van der Waals surface area contributed by atoms with E-state index >= 15 is 0 Å². The quantitative estimate of drug-likeness (QED) is 0.902. The molecule has 1 N–H and O–H groups in total. The highest BCUT2D eigenvalue weighted by Crippen LogP contribution is 2.29. The Morgan fingerprint density at radius 2 is 1.90 bits per heavy atom. The SMILES string of the molecule is O=C(O)c1cccc(COc2ccccc2C(F)F)c1. The van der Waals surface area contributed by atoms with Crippen molar-refractivity contribution in [3.05, 3.63) is 65.2 Å². The molecule has 0 radical (unpaired) electrons. The first-order chi connectivity index (χ1) is 9.58. The van der Waals surface area contributed by atoms with Gasteiger partial charge in [0.15, 0.2) is 0 Å². The van der Waals surface area contributed by atoms with E-state index in [1.165, 1.54) is 30.3 Å². The Kier molecular flexibility index (Phi) is 4.30. The number of carboxylic acids is 1. The Hall–Kier alpha value is -2.43. The molecule has 2 aromatic carbocycles. The van der Waals surface area contributed by atoms with E-state index in [4.69, 9.17) is 9.84 Å². The van der Waals surface area contributed by atoms with E-state index in [0.717, 1.165) is 0 Å². The fraction of sp³-hybridized carbons (Fsp3) is 0.133. The number of carbonyl (C=O) groups is 1. The van der Waals surface area contributed by atoms with Gasteiger partial charge < -0.3 is 9.84 Å². The van der Waals surface area contributed by atoms with E-state index in [1.807, 2.05) is 0 Å². The maximum atomic E-state index is 12.8. The van der Waals surface area contributed by atoms with Gasteiger partial charge in [-0.15, -0.1) is 0 Å². The Bertz CT molecular complexity index is 612. The Morgan fingerprint density at radius 3 is 2.60 bits per heavy atom. The molecule has 3 nitrogen and oxygen atoms in total. The molecule has 0 heterocycles. The van der Waals surface area contributed by atoms with Crippen molar-refractivity contribution >= 4 is 5.97 Å². The summed E-state index contributed by atoms with van der Waals surface area (Å²) in [4.78, 5) is 10.8. The van der Waals surface area contributed by atoms with Crippen molar-refractivity contribution in [1.82, 2.24) is 0 Å². The molecule has 20 heavy (non-hydrogen) atoms. The number of hydrogen-bond acceptors (Lipinski definition) is 2. The van der Waals surface area contributed by atoms with Crippen LogP contribution in [0.4, 0.5) is 8.78 Å². The lowest BCUT2D eigenvalue weighted by Gasteiger charge is -2.11. The Balaban J connectivity index is 2.13. The molecule has 0 amide bonds. The summed E-state index contributed by atoms with van der Waals surface area (Å²) >= 11 is 0. The normalized spacial score (nSPS) is 10.6. The minimum absolute atomic E-state index is 0.0326. The smallest absolute Gasteiger partial charge is 0.335 e. The van der Waals surface area contributed by atoms with Gasteiger partial charge >= 0.3 is 5.97 Å². The molecule has 0 bridgehead atoms. The lowest BCUT2D eigenvalue weighted by molar-refractivity contribution is 0.0696. The number of alkyl halides is 2. The summed E-state index contributed by atoms with van der Waals surface area (Å²) in [5, 5.41) is 8.87. The van der Waals surface area contributed by atoms with Gasteiger partial charge in [-0.1, -0.05) is 24.3 Å². The van der Waals surface area contributed by atoms with Crippen LogP contribution >= 0.6 is 0 Å². The van der Waals surface area contributed by atoms with E-state index in [0.29, 0.717) is 5.56 Å². The summed E-state index contributed by atoms with van der Waals surface area (Å²) in [6.45, 7) is 0.0326. The van der Waals surface area contributed by atoms with Gasteiger partial charge in [0.1, 0.15) is 12.4 Å². The van der Waals surface area contributed by atoms with Crippen molar-refractivity contribution in [3.8, 4) is 5.75 Å². The third-order valence-electron chi connectivity index (χ3n) is 2.72. The lowest BCUT2D eigenvalue weighted by atomic mass is 10.1. The topological polar surface area (TPSA) is 46.5 Å². The number of hydrogen-bond donors (Lipinski definition) is 1. The Labute approximate surface area is 114 Å². The van der Waals surface area contributed by atoms with Crippen LogP contribution in [0, 0.1) is 0 Å². The van der Waals surface area contributed by atoms with Crippen LogP contribution in [-0.4, -0.2) is 11.1 Å². The van der Waals surface area contributed by atoms with Gasteiger partial charge in [-0.05, 0) is 29.8 Å². The number of carboxylic acid groups (broad SMARTS) is 1. The molecule has 0 atom stereocenters. The highest BCUT2D eigenvalue weighted by Gasteiger charge is 2.13. The van der Waals surface area contributed by atoms with Gasteiger partial charge in [0.05, 0.1) is 11.1 Å². The Morgan fingerprint density at radius 1 is 1.15 bits per heavy atom. The molecule has 0 saturated carbocycles. The zero-order chi connectivity index (χ0) is 14.5. The highest BCUT2D eigenvalue weighted by atomic mass is 19.3. The van der Waals surface area contributed by atoms with Gasteiger partial charge in [-0.2, -0.15) is 0 Å². The van der Waals surface area contributed by atoms with Crippen LogP contribution in [0.2, 0.25) is 0 Å². The fourth-order valence-corrected chi connectivity index (χ4v) is 1.75. The van der Waals surface area contributed by atoms with Crippen molar-refractivity contribution in [1.29, 1.82) is 0 Å². The van der Waals surface area contributed by atoms with E-state index < -0.39 is 12.4 Å². The number of aromatic carboxylic acids is 1. The van der Waals surface area contributed by atoms with E-state index in [-0.39, 0.29) is 23.5 Å². The van der Waals surface area contributed by atoms with Crippen molar-refractivity contribution < 1.29 is 23.4 Å². The van der Waals surface area contributed by atoms with Gasteiger partial charge in [-0.3, -0.25) is 0 Å². The van der Waals surface area contributed by atoms with Gasteiger partial charge in [0.25, 0.3) is 6.43 Å². The maximum absolute atomic E-state index is 12.8. The summed E-state index contributed by atoms with van der Waals surface area (Å²) in [7, 11) is 0. The average molecular weight is 278 g/mol. The third-order valence-corrected chi connectivity index (χ3v) is 2.72. The first kappa shape index (κ1) is 14.0. The molecule has 0 saturated heterocycles. The maximum Gasteiger partial charge on any atom is 0.335 e. The summed E-state index contributed by atoms with van der Waals surface area (Å²) in [5.74, 6) is -0.942. The first-order valence-corrected chi connectivity index (χ1v) is 5.90. The van der Waals surface area contributed by atoms with Crippen LogP contribution in [0.15, 0.2) is 48.5 Å². The van der Waals surface area contributed by atoms with Crippen molar-refractivity contribution in [3.63, 3.8) is 0 Å². The van der Waals surface area contributed by atoms with E-state index in [9.17, 15) is 13.6 Å². The summed E-state index contributed by atoms with van der Waals surface area (Å²) in [5.41, 5.74) is 0.559. The number of ether oxygens (including phenoxy) is 1. The molecule has 0 aromatic heterocycles. The van der Waals surface area contributed by atoms with Crippen molar-refractivity contribution in [2.45, 2.75) is 13.0 Å². The molecular formula is C15H12F2O3. The minimum atomic E-state index is -2.61. The average Bonchev–Trinajstić information content (AvgIpc) is 2.45. The molecule has 0 aliphatic heterocycles. The highest BCUT2D eigenvalue weighted by molar-refractivity contribution is 5.87. The molecule has 5 heteroatoms. The van der Waals surface area contributed by atoms with Gasteiger partial charge in [0.2, 0.25) is 0 Å². The second-order valence-electron chi connectivity index (χ2n) is 4.13. The second-order valence-corrected chi connectivity index (χ2v) is 4.13. The summed E-state index contributed by atoms with van der Waals surface area (Å²) in [6.07, 6.45) is -2.61. The zero-order valence-corrected chi connectivity index (χ0v) is 10.4. The number of benzene rings is 2. The van der Waals surface area contributed by atoms with Gasteiger partial charge in [-0.25, -0.2) is 13.6 Å². The predicted molar refractivity (Wildman–Crippen MR) is 69.1 cm³/mol. The number of rotatable bonds is 5. The third kappa shape index (κ3) is 3.32. The lowest BCUT2D eigenvalue weighted by Crippen LogP contribution is -2.01. The number of halogens is 2.